The maximum absolute atomic E-state index is 9.31. The minimum absolute atomic E-state index is 0.120. The molecule has 0 atom stereocenters. The second-order valence-corrected chi connectivity index (χ2v) is 3.27. The standard InChI is InChI=1S/C9H8ClN3O/c1-13-9(14)4-7(12-13)6-2-3-8(10)11-5-6/h2-5,14H,1H3. The van der Waals surface area contributed by atoms with Gasteiger partial charge in [-0.05, 0) is 12.1 Å². The number of aryl methyl sites for hydroxylation is 1. The summed E-state index contributed by atoms with van der Waals surface area (Å²) >= 11 is 5.65. The average molecular weight is 210 g/mol. The van der Waals surface area contributed by atoms with Crippen LogP contribution in [0, 0.1) is 0 Å². The lowest BCUT2D eigenvalue weighted by atomic mass is 10.2. The number of halogens is 1. The smallest absolute Gasteiger partial charge is 0.209 e. The van der Waals surface area contributed by atoms with E-state index in [4.69, 9.17) is 11.6 Å². The molecule has 0 aliphatic rings. The number of pyridine rings is 1. The van der Waals surface area contributed by atoms with Crippen LogP contribution in [0.4, 0.5) is 0 Å². The highest BCUT2D eigenvalue weighted by atomic mass is 35.5. The molecule has 0 aliphatic carbocycles. The Balaban J connectivity index is 2.44. The fraction of sp³-hybridized carbons (Fsp3) is 0.111. The zero-order valence-electron chi connectivity index (χ0n) is 7.48. The van der Waals surface area contributed by atoms with Gasteiger partial charge >= 0.3 is 0 Å². The molecule has 2 aromatic heterocycles. The van der Waals surface area contributed by atoms with Crippen molar-refractivity contribution < 1.29 is 5.11 Å². The lowest BCUT2D eigenvalue weighted by Crippen LogP contribution is -1.89. The van der Waals surface area contributed by atoms with E-state index in [1.54, 1.807) is 31.4 Å². The molecular formula is C9H8ClN3O. The lowest BCUT2D eigenvalue weighted by Gasteiger charge is -1.94. The van der Waals surface area contributed by atoms with E-state index in [0.717, 1.165) is 5.56 Å². The van der Waals surface area contributed by atoms with Crippen molar-refractivity contribution in [2.45, 2.75) is 0 Å². The Kier molecular flexibility index (Phi) is 2.13. The first-order valence-corrected chi connectivity index (χ1v) is 4.39. The number of hydrogen-bond acceptors (Lipinski definition) is 3. The summed E-state index contributed by atoms with van der Waals surface area (Å²) in [5.74, 6) is 0.120. The third-order valence-corrected chi connectivity index (χ3v) is 2.10. The maximum atomic E-state index is 9.31. The molecule has 0 aliphatic heterocycles. The van der Waals surface area contributed by atoms with Crippen molar-refractivity contribution >= 4 is 11.6 Å². The first-order chi connectivity index (χ1) is 6.66. The summed E-state index contributed by atoms with van der Waals surface area (Å²) in [6.45, 7) is 0. The molecule has 0 radical (unpaired) electrons. The second kappa shape index (κ2) is 3.31. The van der Waals surface area contributed by atoms with Gasteiger partial charge in [0.2, 0.25) is 5.88 Å². The van der Waals surface area contributed by atoms with E-state index in [1.807, 2.05) is 0 Å². The van der Waals surface area contributed by atoms with Crippen molar-refractivity contribution in [2.24, 2.45) is 7.05 Å². The SMILES string of the molecule is Cn1nc(-c2ccc(Cl)nc2)cc1O. The van der Waals surface area contributed by atoms with Crippen LogP contribution in [0.2, 0.25) is 5.15 Å². The first kappa shape index (κ1) is 9.02. The summed E-state index contributed by atoms with van der Waals surface area (Å²) in [6, 6.07) is 5.06. The lowest BCUT2D eigenvalue weighted by molar-refractivity contribution is 0.419. The summed E-state index contributed by atoms with van der Waals surface area (Å²) in [5.41, 5.74) is 1.50. The summed E-state index contributed by atoms with van der Waals surface area (Å²) in [5, 5.41) is 13.8. The Morgan fingerprint density at radius 1 is 1.43 bits per heavy atom. The Hall–Kier alpha value is -1.55. The molecular weight excluding hydrogens is 202 g/mol. The number of aromatic nitrogens is 3. The largest absolute Gasteiger partial charge is 0.493 e. The second-order valence-electron chi connectivity index (χ2n) is 2.88. The van der Waals surface area contributed by atoms with Crippen LogP contribution < -0.4 is 0 Å². The zero-order chi connectivity index (χ0) is 10.1. The van der Waals surface area contributed by atoms with Crippen LogP contribution in [0.3, 0.4) is 0 Å². The molecule has 5 heteroatoms. The third kappa shape index (κ3) is 1.56. The van der Waals surface area contributed by atoms with E-state index in [-0.39, 0.29) is 5.88 Å². The van der Waals surface area contributed by atoms with E-state index in [9.17, 15) is 5.11 Å². The van der Waals surface area contributed by atoms with Crippen LogP contribution >= 0.6 is 11.6 Å². The molecule has 0 bridgehead atoms. The first-order valence-electron chi connectivity index (χ1n) is 4.02. The highest BCUT2D eigenvalue weighted by Gasteiger charge is 2.05. The van der Waals surface area contributed by atoms with Crippen molar-refractivity contribution in [3.63, 3.8) is 0 Å². The monoisotopic (exact) mass is 209 g/mol. The van der Waals surface area contributed by atoms with Gasteiger partial charge in [-0.25, -0.2) is 9.67 Å². The molecule has 0 unspecified atom stereocenters. The van der Waals surface area contributed by atoms with Crippen LogP contribution in [-0.2, 0) is 7.05 Å². The molecule has 1 N–H and O–H groups in total. The van der Waals surface area contributed by atoms with E-state index >= 15 is 0 Å². The van der Waals surface area contributed by atoms with Gasteiger partial charge in [0.1, 0.15) is 5.15 Å². The van der Waals surface area contributed by atoms with E-state index in [2.05, 4.69) is 10.1 Å². The van der Waals surface area contributed by atoms with E-state index in [1.165, 1.54) is 4.68 Å². The predicted molar refractivity (Wildman–Crippen MR) is 53.1 cm³/mol. The van der Waals surface area contributed by atoms with E-state index < -0.39 is 0 Å². The van der Waals surface area contributed by atoms with Gasteiger partial charge in [-0.3, -0.25) is 0 Å². The molecule has 72 valence electrons. The van der Waals surface area contributed by atoms with Gasteiger partial charge < -0.3 is 5.11 Å². The van der Waals surface area contributed by atoms with Crippen molar-refractivity contribution in [3.05, 3.63) is 29.5 Å². The van der Waals surface area contributed by atoms with Crippen LogP contribution in [0.25, 0.3) is 11.3 Å². The van der Waals surface area contributed by atoms with Crippen molar-refractivity contribution in [1.82, 2.24) is 14.8 Å². The molecule has 2 rings (SSSR count). The van der Waals surface area contributed by atoms with Crippen LogP contribution in [0.5, 0.6) is 5.88 Å². The van der Waals surface area contributed by atoms with Gasteiger partial charge in [-0.2, -0.15) is 5.10 Å². The molecule has 0 saturated heterocycles. The highest BCUT2D eigenvalue weighted by molar-refractivity contribution is 6.29. The fourth-order valence-electron chi connectivity index (χ4n) is 1.13. The Labute approximate surface area is 85.8 Å². The molecule has 14 heavy (non-hydrogen) atoms. The van der Waals surface area contributed by atoms with Crippen LogP contribution in [-0.4, -0.2) is 19.9 Å². The third-order valence-electron chi connectivity index (χ3n) is 1.88. The minimum Gasteiger partial charge on any atom is -0.493 e. The highest BCUT2D eigenvalue weighted by Crippen LogP contribution is 2.21. The normalized spacial score (nSPS) is 10.4. The van der Waals surface area contributed by atoms with Crippen molar-refractivity contribution in [2.75, 3.05) is 0 Å². The molecule has 0 aromatic carbocycles. The minimum atomic E-state index is 0.120. The molecule has 0 spiro atoms. The number of hydrogen-bond donors (Lipinski definition) is 1. The van der Waals surface area contributed by atoms with Gasteiger partial charge in [0.25, 0.3) is 0 Å². The molecule has 2 heterocycles. The quantitative estimate of drug-likeness (QED) is 0.730. The van der Waals surface area contributed by atoms with Crippen molar-refractivity contribution in [1.29, 1.82) is 0 Å². The van der Waals surface area contributed by atoms with Crippen LogP contribution in [0.15, 0.2) is 24.4 Å². The van der Waals surface area contributed by atoms with E-state index in [0.29, 0.717) is 10.8 Å². The van der Waals surface area contributed by atoms with Gasteiger partial charge in [0, 0.05) is 24.9 Å². The molecule has 4 nitrogen and oxygen atoms in total. The number of nitrogens with zero attached hydrogens (tertiary/aromatic N) is 3. The average Bonchev–Trinajstić information content (AvgIpc) is 2.48. The predicted octanol–water partition coefficient (Wildman–Crippen LogP) is 1.84. The topological polar surface area (TPSA) is 50.9 Å². The molecule has 2 aromatic rings. The van der Waals surface area contributed by atoms with Gasteiger partial charge in [-0.1, -0.05) is 11.6 Å². The Bertz CT molecular complexity index is 430. The Morgan fingerprint density at radius 2 is 2.21 bits per heavy atom. The van der Waals surface area contributed by atoms with Crippen molar-refractivity contribution in [3.8, 4) is 17.1 Å². The summed E-state index contributed by atoms with van der Waals surface area (Å²) in [6.07, 6.45) is 1.62. The zero-order valence-corrected chi connectivity index (χ0v) is 8.23. The van der Waals surface area contributed by atoms with Gasteiger partial charge in [0.05, 0.1) is 5.69 Å². The van der Waals surface area contributed by atoms with Crippen LogP contribution in [0.1, 0.15) is 0 Å². The summed E-state index contributed by atoms with van der Waals surface area (Å²) in [7, 11) is 1.67. The fourth-order valence-corrected chi connectivity index (χ4v) is 1.24. The molecule has 0 amide bonds. The summed E-state index contributed by atoms with van der Waals surface area (Å²) in [4.78, 5) is 3.93. The number of aromatic hydroxyl groups is 1. The van der Waals surface area contributed by atoms with Gasteiger partial charge in [0.15, 0.2) is 0 Å². The van der Waals surface area contributed by atoms with Gasteiger partial charge in [-0.15, -0.1) is 0 Å². The summed E-state index contributed by atoms with van der Waals surface area (Å²) < 4.78 is 1.39. The Morgan fingerprint density at radius 3 is 2.71 bits per heavy atom. The maximum Gasteiger partial charge on any atom is 0.209 e. The number of rotatable bonds is 1. The molecule has 0 fully saturated rings. The molecule has 0 saturated carbocycles.